The maximum atomic E-state index is 6.05. The Labute approximate surface area is 142 Å². The third kappa shape index (κ3) is 3.10. The van der Waals surface area contributed by atoms with Crippen molar-refractivity contribution in [2.75, 3.05) is 13.2 Å². The fourth-order valence-corrected chi connectivity index (χ4v) is 3.86. The molecule has 1 saturated heterocycles. The third-order valence-electron chi connectivity index (χ3n) is 5.74. The van der Waals surface area contributed by atoms with Gasteiger partial charge in [0.2, 0.25) is 0 Å². The molecule has 0 amide bonds. The topological polar surface area (TPSA) is 18.5 Å². The zero-order valence-corrected chi connectivity index (χ0v) is 15.9. The first kappa shape index (κ1) is 17.0. The molecular weight excluding hydrogens is 283 g/mol. The van der Waals surface area contributed by atoms with Gasteiger partial charge in [0.05, 0.1) is 0 Å². The predicted octanol–water partition coefficient (Wildman–Crippen LogP) is 4.11. The zero-order chi connectivity index (χ0) is 17.0. The maximum absolute atomic E-state index is 6.05. The zero-order valence-electron chi connectivity index (χ0n) is 15.9. The van der Waals surface area contributed by atoms with E-state index in [1.165, 1.54) is 35.0 Å². The highest BCUT2D eigenvalue weighted by atomic mass is 16.6. The van der Waals surface area contributed by atoms with Crippen LogP contribution in [-0.2, 0) is 20.1 Å². The highest BCUT2D eigenvalue weighted by molar-refractivity contribution is 6.62. The van der Waals surface area contributed by atoms with Gasteiger partial charge in [-0.1, -0.05) is 59.2 Å². The molecule has 1 aromatic carbocycles. The Bertz CT molecular complexity index is 606. The lowest BCUT2D eigenvalue weighted by molar-refractivity contribution is 0.0342. The number of aryl methyl sites for hydroxylation is 1. The van der Waals surface area contributed by atoms with E-state index in [-0.39, 0.29) is 23.4 Å². The van der Waals surface area contributed by atoms with E-state index < -0.39 is 0 Å². The van der Waals surface area contributed by atoms with E-state index in [1.54, 1.807) is 0 Å². The van der Waals surface area contributed by atoms with Crippen molar-refractivity contribution in [3.05, 3.63) is 28.8 Å². The second-order valence-corrected chi connectivity index (χ2v) is 9.64. The SMILES string of the molecule is Cc1cc2c(cc1B1OCC(C)(C)CO1)C(C)(C)CCC2(C)C. The average Bonchev–Trinajstić information content (AvgIpc) is 2.44. The molecule has 2 aliphatic rings. The molecule has 2 nitrogen and oxygen atoms in total. The number of hydrogen-bond acceptors (Lipinski definition) is 2. The third-order valence-corrected chi connectivity index (χ3v) is 5.74. The lowest BCUT2D eigenvalue weighted by Gasteiger charge is -2.43. The Balaban J connectivity index is 2.01. The van der Waals surface area contributed by atoms with Crippen molar-refractivity contribution in [1.29, 1.82) is 0 Å². The van der Waals surface area contributed by atoms with Crippen LogP contribution in [0.3, 0.4) is 0 Å². The average molecular weight is 314 g/mol. The van der Waals surface area contributed by atoms with Crippen molar-refractivity contribution in [3.8, 4) is 0 Å². The summed E-state index contributed by atoms with van der Waals surface area (Å²) in [5.41, 5.74) is 6.08. The second-order valence-electron chi connectivity index (χ2n) is 9.64. The summed E-state index contributed by atoms with van der Waals surface area (Å²) in [5.74, 6) is 0. The van der Waals surface area contributed by atoms with E-state index in [1.807, 2.05) is 0 Å². The Kier molecular flexibility index (Phi) is 3.97. The molecule has 0 atom stereocenters. The van der Waals surface area contributed by atoms with E-state index in [4.69, 9.17) is 9.31 Å². The number of hydrogen-bond donors (Lipinski definition) is 0. The predicted molar refractivity (Wildman–Crippen MR) is 97.5 cm³/mol. The maximum Gasteiger partial charge on any atom is 0.494 e. The number of benzene rings is 1. The van der Waals surface area contributed by atoms with Crippen LogP contribution in [0.2, 0.25) is 0 Å². The van der Waals surface area contributed by atoms with E-state index in [2.05, 4.69) is 60.6 Å². The standard InChI is InChI=1S/C20H31BO2/c1-14-10-15-16(20(6,7)9-8-19(15,4)5)11-17(14)21-22-12-18(2,3)13-23-21/h10-11H,8-9,12-13H2,1-7H3. The minimum atomic E-state index is -0.214. The van der Waals surface area contributed by atoms with Gasteiger partial charge < -0.3 is 9.31 Å². The summed E-state index contributed by atoms with van der Waals surface area (Å²) >= 11 is 0. The number of fused-ring (bicyclic) bond motifs is 1. The first-order valence-corrected chi connectivity index (χ1v) is 8.91. The molecule has 126 valence electrons. The minimum Gasteiger partial charge on any atom is -0.407 e. The fourth-order valence-electron chi connectivity index (χ4n) is 3.86. The van der Waals surface area contributed by atoms with Gasteiger partial charge in [-0.3, -0.25) is 0 Å². The molecule has 0 saturated carbocycles. The Morgan fingerprint density at radius 2 is 1.30 bits per heavy atom. The van der Waals surface area contributed by atoms with Crippen LogP contribution in [0.5, 0.6) is 0 Å². The summed E-state index contributed by atoms with van der Waals surface area (Å²) in [5, 5.41) is 0. The highest BCUT2D eigenvalue weighted by Crippen LogP contribution is 2.45. The second kappa shape index (κ2) is 5.36. The lowest BCUT2D eigenvalue weighted by atomic mass is 9.60. The Hall–Kier alpha value is -0.795. The number of rotatable bonds is 1. The van der Waals surface area contributed by atoms with Crippen LogP contribution in [0.15, 0.2) is 12.1 Å². The molecule has 1 fully saturated rings. The summed E-state index contributed by atoms with van der Waals surface area (Å²) in [7, 11) is -0.214. The fraction of sp³-hybridized carbons (Fsp3) is 0.700. The van der Waals surface area contributed by atoms with Crippen molar-refractivity contribution in [2.24, 2.45) is 5.41 Å². The smallest absolute Gasteiger partial charge is 0.407 e. The summed E-state index contributed by atoms with van der Waals surface area (Å²) in [6.45, 7) is 17.6. The first-order chi connectivity index (χ1) is 10.5. The molecule has 1 heterocycles. The summed E-state index contributed by atoms with van der Waals surface area (Å²) in [6, 6.07) is 4.76. The molecule has 0 N–H and O–H groups in total. The normalized spacial score (nSPS) is 25.1. The van der Waals surface area contributed by atoms with Crippen molar-refractivity contribution >= 4 is 12.6 Å². The molecule has 23 heavy (non-hydrogen) atoms. The van der Waals surface area contributed by atoms with Crippen molar-refractivity contribution in [1.82, 2.24) is 0 Å². The van der Waals surface area contributed by atoms with Gasteiger partial charge in [0.25, 0.3) is 0 Å². The van der Waals surface area contributed by atoms with Crippen molar-refractivity contribution < 1.29 is 9.31 Å². The van der Waals surface area contributed by atoms with Gasteiger partial charge in [-0.15, -0.1) is 0 Å². The molecule has 3 rings (SSSR count). The minimum absolute atomic E-state index is 0.111. The lowest BCUT2D eigenvalue weighted by Crippen LogP contribution is -2.49. The van der Waals surface area contributed by atoms with Crippen LogP contribution < -0.4 is 5.46 Å². The van der Waals surface area contributed by atoms with Gasteiger partial charge in [-0.25, -0.2) is 0 Å². The van der Waals surface area contributed by atoms with Gasteiger partial charge in [-0.2, -0.15) is 0 Å². The molecule has 3 heteroatoms. The van der Waals surface area contributed by atoms with Crippen LogP contribution >= 0.6 is 0 Å². The molecule has 0 aromatic heterocycles. The van der Waals surface area contributed by atoms with E-state index in [0.717, 1.165) is 13.2 Å². The molecular formula is C20H31BO2. The Morgan fingerprint density at radius 1 is 0.826 bits per heavy atom. The van der Waals surface area contributed by atoms with E-state index in [0.29, 0.717) is 0 Å². The molecule has 0 unspecified atom stereocenters. The van der Waals surface area contributed by atoms with Crippen LogP contribution in [0.4, 0.5) is 0 Å². The largest absolute Gasteiger partial charge is 0.494 e. The van der Waals surface area contributed by atoms with Gasteiger partial charge in [0, 0.05) is 18.6 Å². The molecule has 1 aromatic rings. The molecule has 1 aliphatic heterocycles. The van der Waals surface area contributed by atoms with Gasteiger partial charge in [0.1, 0.15) is 0 Å². The summed E-state index contributed by atoms with van der Waals surface area (Å²) in [6.07, 6.45) is 2.48. The highest BCUT2D eigenvalue weighted by Gasteiger charge is 2.40. The quantitative estimate of drug-likeness (QED) is 0.726. The van der Waals surface area contributed by atoms with Crippen LogP contribution in [0.1, 0.15) is 71.1 Å². The van der Waals surface area contributed by atoms with Gasteiger partial charge in [0.15, 0.2) is 0 Å². The van der Waals surface area contributed by atoms with E-state index in [9.17, 15) is 0 Å². The summed E-state index contributed by atoms with van der Waals surface area (Å²) < 4.78 is 12.1. The molecule has 0 radical (unpaired) electrons. The monoisotopic (exact) mass is 314 g/mol. The van der Waals surface area contributed by atoms with Crippen LogP contribution in [0, 0.1) is 12.3 Å². The van der Waals surface area contributed by atoms with Crippen LogP contribution in [0.25, 0.3) is 0 Å². The summed E-state index contributed by atoms with van der Waals surface area (Å²) in [4.78, 5) is 0. The molecule has 0 spiro atoms. The van der Waals surface area contributed by atoms with Gasteiger partial charge >= 0.3 is 7.12 Å². The molecule has 0 bridgehead atoms. The first-order valence-electron chi connectivity index (χ1n) is 8.91. The molecule has 1 aliphatic carbocycles. The van der Waals surface area contributed by atoms with E-state index >= 15 is 0 Å². The Morgan fingerprint density at radius 3 is 1.83 bits per heavy atom. The van der Waals surface area contributed by atoms with Gasteiger partial charge in [-0.05, 0) is 47.2 Å². The van der Waals surface area contributed by atoms with Crippen molar-refractivity contribution in [2.45, 2.75) is 72.1 Å². The van der Waals surface area contributed by atoms with Crippen molar-refractivity contribution in [3.63, 3.8) is 0 Å². The van der Waals surface area contributed by atoms with Crippen LogP contribution in [-0.4, -0.2) is 20.3 Å².